The van der Waals surface area contributed by atoms with E-state index in [4.69, 9.17) is 16.4 Å². The van der Waals surface area contributed by atoms with Gasteiger partial charge in [0, 0.05) is 0 Å². The molecular weight excluding hydrogens is 152 g/mol. The summed E-state index contributed by atoms with van der Waals surface area (Å²) in [6.07, 6.45) is -5.11. The molecule has 5 nitrogen and oxygen atoms in total. The predicted octanol–water partition coefficient (Wildman–Crippen LogP) is -1.99. The maximum absolute atomic E-state index is 10.9. The van der Waals surface area contributed by atoms with Crippen molar-refractivity contribution < 1.29 is 24.9 Å². The predicted molar refractivity (Wildman–Crippen MR) is 33.6 cm³/mol. The third-order valence-corrected chi connectivity index (χ3v) is 1.63. The number of aliphatic hydroxyl groups excluding tert-OH is 3. The zero-order chi connectivity index (χ0) is 9.30. The number of carbonyl (C=O) groups excluding carboxylic acids is 1. The van der Waals surface area contributed by atoms with Crippen molar-refractivity contribution in [3.05, 3.63) is 0 Å². The van der Waals surface area contributed by atoms with Gasteiger partial charge in [-0.25, -0.2) is 0 Å². The van der Waals surface area contributed by atoms with Crippen molar-refractivity contribution in [2.45, 2.75) is 31.5 Å². The maximum Gasteiger partial charge on any atom is 0.213 e. The number of rotatable bonds is 1. The molecule has 0 aromatic carbocycles. The Balaban J connectivity index is 2.70. The topological polar surface area (TPSA) is 87.0 Å². The summed E-state index contributed by atoms with van der Waals surface area (Å²) in [5, 5.41) is 22.1. The van der Waals surface area contributed by atoms with E-state index in [1.807, 2.05) is 0 Å². The van der Waals surface area contributed by atoms with E-state index in [0.29, 0.717) is 0 Å². The first-order chi connectivity index (χ1) is 5.57. The molecule has 2 unspecified atom stereocenters. The Morgan fingerprint density at radius 2 is 2.27 bits per heavy atom. The fourth-order valence-corrected chi connectivity index (χ4v) is 0.906. The van der Waals surface area contributed by atoms with E-state index in [2.05, 4.69) is 5.11 Å². The van der Waals surface area contributed by atoms with Gasteiger partial charge in [-0.3, -0.25) is 4.79 Å². The summed E-state index contributed by atoms with van der Waals surface area (Å²) in [5.74, 6) is -0.601. The molecule has 1 fully saturated rings. The van der Waals surface area contributed by atoms with Crippen LogP contribution in [-0.4, -0.2) is 47.1 Å². The zero-order valence-electron chi connectivity index (χ0n) is 6.93. The Labute approximate surface area is 64.7 Å². The van der Waals surface area contributed by atoms with E-state index < -0.39 is 30.4 Å². The zero-order valence-corrected chi connectivity index (χ0v) is 5.93. The lowest BCUT2D eigenvalue weighted by Gasteiger charge is -2.31. The molecule has 0 amide bonds. The second-order valence-electron chi connectivity index (χ2n) is 2.48. The fraction of sp³-hybridized carbons (Fsp3) is 0.833. The van der Waals surface area contributed by atoms with Gasteiger partial charge in [-0.05, 0) is 6.92 Å². The lowest BCUT2D eigenvalue weighted by atomic mass is 10.0. The first kappa shape index (κ1) is 7.17. The van der Waals surface area contributed by atoms with Crippen LogP contribution < -0.4 is 0 Å². The van der Waals surface area contributed by atoms with Gasteiger partial charge in [0.15, 0.2) is 12.1 Å². The molecule has 3 N–H and O–H groups in total. The van der Waals surface area contributed by atoms with Crippen LogP contribution >= 0.6 is 0 Å². The Hall–Kier alpha value is -0.490. The highest BCUT2D eigenvalue weighted by molar-refractivity contribution is 5.88. The molecule has 1 aliphatic heterocycles. The van der Waals surface area contributed by atoms with Gasteiger partial charge in [-0.15, -0.1) is 0 Å². The molecule has 4 atom stereocenters. The highest BCUT2D eigenvalue weighted by Crippen LogP contribution is 2.14. The smallest absolute Gasteiger partial charge is 0.213 e. The SMILES string of the molecule is [3H]O[C@H]1OC(C)C(=O)[C@H](O)C1O. The molecule has 0 radical (unpaired) electrons. The summed E-state index contributed by atoms with van der Waals surface area (Å²) in [5.41, 5.74) is 0. The molecular formula is C6H10O5. The quantitative estimate of drug-likeness (QED) is 0.418. The van der Waals surface area contributed by atoms with Crippen LogP contribution in [0.15, 0.2) is 0 Å². The maximum atomic E-state index is 10.9. The summed E-state index contributed by atoms with van der Waals surface area (Å²) in [4.78, 5) is 10.9. The van der Waals surface area contributed by atoms with E-state index >= 15 is 0 Å². The average molecular weight is 164 g/mol. The van der Waals surface area contributed by atoms with E-state index in [1.54, 1.807) is 0 Å². The summed E-state index contributed by atoms with van der Waals surface area (Å²) in [6, 6.07) is 0. The number of hydrogen-bond donors (Lipinski definition) is 3. The Bertz CT molecular complexity index is 185. The van der Waals surface area contributed by atoms with E-state index in [-0.39, 0.29) is 0 Å². The largest absolute Gasteiger partial charge is 0.385 e. The van der Waals surface area contributed by atoms with Gasteiger partial charge in [0.05, 0.1) is 0 Å². The molecule has 1 rings (SSSR count). The van der Waals surface area contributed by atoms with Gasteiger partial charge in [0.25, 0.3) is 0 Å². The molecule has 0 aliphatic carbocycles. The van der Waals surface area contributed by atoms with E-state index in [1.165, 1.54) is 6.92 Å². The molecule has 0 bridgehead atoms. The molecule has 11 heavy (non-hydrogen) atoms. The summed E-state index contributed by atoms with van der Waals surface area (Å²) in [6.45, 7) is 1.42. The van der Waals surface area contributed by atoms with Crippen LogP contribution in [0.3, 0.4) is 0 Å². The molecule has 1 aliphatic rings. The van der Waals surface area contributed by atoms with Crippen LogP contribution in [0.4, 0.5) is 0 Å². The van der Waals surface area contributed by atoms with Gasteiger partial charge in [-0.2, -0.15) is 0 Å². The summed E-state index contributed by atoms with van der Waals surface area (Å²) < 4.78 is 11.2. The minimum Gasteiger partial charge on any atom is -0.385 e. The number of carbonyl (C=O) groups is 1. The van der Waals surface area contributed by atoms with Crippen molar-refractivity contribution in [1.29, 1.82) is 1.43 Å². The van der Waals surface area contributed by atoms with Crippen molar-refractivity contribution in [2.75, 3.05) is 0 Å². The highest BCUT2D eigenvalue weighted by atomic mass is 16.6. The molecule has 0 aromatic rings. The van der Waals surface area contributed by atoms with Crippen molar-refractivity contribution >= 4 is 5.78 Å². The Kier molecular flexibility index (Phi) is 1.87. The van der Waals surface area contributed by atoms with Crippen molar-refractivity contribution in [2.24, 2.45) is 0 Å². The van der Waals surface area contributed by atoms with Gasteiger partial charge < -0.3 is 20.1 Å². The normalized spacial score (nSPS) is 47.2. The lowest BCUT2D eigenvalue weighted by Crippen LogP contribution is -2.53. The fourth-order valence-electron chi connectivity index (χ4n) is 0.906. The first-order valence-corrected chi connectivity index (χ1v) is 3.25. The van der Waals surface area contributed by atoms with Gasteiger partial charge in [0.2, 0.25) is 1.43 Å². The minimum absolute atomic E-state index is 0.601. The minimum atomic E-state index is -1.52. The van der Waals surface area contributed by atoms with Crippen LogP contribution in [0, 0.1) is 0 Å². The second kappa shape index (κ2) is 2.86. The molecule has 0 saturated carbocycles. The summed E-state index contributed by atoms with van der Waals surface area (Å²) in [7, 11) is 0. The van der Waals surface area contributed by atoms with Crippen molar-refractivity contribution in [3.63, 3.8) is 0 Å². The van der Waals surface area contributed by atoms with Crippen LogP contribution in [0.25, 0.3) is 0 Å². The number of aliphatic hydroxyl groups is 3. The number of ether oxygens (including phenoxy) is 1. The number of hydrogen-bond acceptors (Lipinski definition) is 5. The second-order valence-corrected chi connectivity index (χ2v) is 2.48. The third kappa shape index (κ3) is 1.41. The first-order valence-electron chi connectivity index (χ1n) is 3.66. The van der Waals surface area contributed by atoms with E-state index in [0.717, 1.165) is 0 Å². The van der Waals surface area contributed by atoms with Crippen LogP contribution in [0.1, 0.15) is 6.92 Å². The molecule has 0 spiro atoms. The molecule has 0 aromatic heterocycles. The Morgan fingerprint density at radius 1 is 1.64 bits per heavy atom. The monoisotopic (exact) mass is 164 g/mol. The molecule has 64 valence electrons. The highest BCUT2D eigenvalue weighted by Gasteiger charge is 2.40. The lowest BCUT2D eigenvalue weighted by molar-refractivity contribution is -0.232. The van der Waals surface area contributed by atoms with Crippen LogP contribution in [-0.2, 0) is 9.53 Å². The molecule has 5 heteroatoms. The molecule has 1 heterocycles. The third-order valence-electron chi connectivity index (χ3n) is 1.63. The van der Waals surface area contributed by atoms with E-state index in [9.17, 15) is 4.79 Å². The molecule has 1 saturated heterocycles. The van der Waals surface area contributed by atoms with Crippen LogP contribution in [0.5, 0.6) is 0 Å². The average Bonchev–Trinajstić information content (AvgIpc) is 2.08. The van der Waals surface area contributed by atoms with Gasteiger partial charge >= 0.3 is 0 Å². The number of Topliss-reactive ketones (excluding diaryl/α,β-unsaturated/α-hetero) is 1. The van der Waals surface area contributed by atoms with Gasteiger partial charge in [-0.1, -0.05) is 0 Å². The standard InChI is InChI=1S/C6H10O5/c1-2-3(7)4(8)5(9)6(10)11-2/h2,4-6,8-10H,1H3/t2?,4-,5?,6-/m0/s1/i10T. The van der Waals surface area contributed by atoms with Crippen molar-refractivity contribution in [1.82, 2.24) is 0 Å². The van der Waals surface area contributed by atoms with Crippen molar-refractivity contribution in [3.8, 4) is 0 Å². The Morgan fingerprint density at radius 3 is 2.82 bits per heavy atom. The van der Waals surface area contributed by atoms with Gasteiger partial charge in [0.1, 0.15) is 18.3 Å². The summed E-state index contributed by atoms with van der Waals surface area (Å²) >= 11 is 0. The number of ketones is 1. The van der Waals surface area contributed by atoms with Crippen LogP contribution in [0.2, 0.25) is 0 Å².